The SMILES string of the molecule is COC(=O)C[C@H](O)C[C@H](N[S+]([O-])C(C)(C)C)c1ccc(Br)c2ccc(OC)cc12. The molecule has 0 aromatic heterocycles. The number of nitrogens with one attached hydrogen (secondary N) is 1. The van der Waals surface area contributed by atoms with E-state index in [9.17, 15) is 14.5 Å². The summed E-state index contributed by atoms with van der Waals surface area (Å²) in [6.45, 7) is 5.63. The van der Waals surface area contributed by atoms with E-state index in [0.29, 0.717) is 5.75 Å². The quantitative estimate of drug-likeness (QED) is 0.433. The largest absolute Gasteiger partial charge is 0.598 e. The Balaban J connectivity index is 2.49. The number of rotatable bonds is 8. The van der Waals surface area contributed by atoms with E-state index in [2.05, 4.69) is 25.4 Å². The molecule has 0 aliphatic rings. The first-order valence-corrected chi connectivity index (χ1v) is 11.2. The molecule has 0 bridgehead atoms. The molecule has 0 radical (unpaired) electrons. The number of aliphatic hydroxyl groups is 1. The minimum absolute atomic E-state index is 0.130. The molecule has 2 rings (SSSR count). The number of hydrogen-bond donors (Lipinski definition) is 2. The Bertz CT molecular complexity index is 855. The van der Waals surface area contributed by atoms with Crippen LogP contribution in [0.5, 0.6) is 5.75 Å². The molecule has 1 unspecified atom stereocenters. The maximum Gasteiger partial charge on any atom is 0.308 e. The second-order valence-electron chi connectivity index (χ2n) is 7.77. The second-order valence-corrected chi connectivity index (χ2v) is 10.6. The average Bonchev–Trinajstić information content (AvgIpc) is 2.66. The Labute approximate surface area is 183 Å². The first kappa shape index (κ1) is 24.0. The Morgan fingerprint density at radius 1 is 1.24 bits per heavy atom. The van der Waals surface area contributed by atoms with Crippen molar-refractivity contribution >= 4 is 44.0 Å². The fraction of sp³-hybridized carbons (Fsp3) is 0.476. The van der Waals surface area contributed by atoms with Gasteiger partial charge in [0.1, 0.15) is 10.5 Å². The van der Waals surface area contributed by atoms with Gasteiger partial charge in [-0.1, -0.05) is 22.0 Å². The Morgan fingerprint density at radius 2 is 1.93 bits per heavy atom. The van der Waals surface area contributed by atoms with Crippen molar-refractivity contribution in [2.45, 2.75) is 50.5 Å². The van der Waals surface area contributed by atoms with Crippen LogP contribution in [0.3, 0.4) is 0 Å². The molecule has 0 aliphatic heterocycles. The van der Waals surface area contributed by atoms with Crippen LogP contribution in [0.15, 0.2) is 34.8 Å². The van der Waals surface area contributed by atoms with Gasteiger partial charge >= 0.3 is 5.97 Å². The lowest BCUT2D eigenvalue weighted by Crippen LogP contribution is -2.42. The van der Waals surface area contributed by atoms with Crippen LogP contribution in [0, 0.1) is 0 Å². The minimum atomic E-state index is -1.37. The molecule has 0 aliphatic carbocycles. The van der Waals surface area contributed by atoms with Crippen LogP contribution in [0.1, 0.15) is 45.2 Å². The topological polar surface area (TPSA) is 90.9 Å². The summed E-state index contributed by atoms with van der Waals surface area (Å²) in [4.78, 5) is 11.6. The molecule has 0 saturated carbocycles. The van der Waals surface area contributed by atoms with Crippen molar-refractivity contribution in [1.82, 2.24) is 4.72 Å². The van der Waals surface area contributed by atoms with E-state index in [0.717, 1.165) is 20.8 Å². The molecule has 0 saturated heterocycles. The molecule has 3 atom stereocenters. The van der Waals surface area contributed by atoms with Crippen molar-refractivity contribution in [3.8, 4) is 5.75 Å². The number of ether oxygens (including phenoxy) is 2. The number of hydrogen-bond acceptors (Lipinski definition) is 6. The number of aliphatic hydroxyl groups excluding tert-OH is 1. The van der Waals surface area contributed by atoms with E-state index < -0.39 is 34.2 Å². The molecule has 0 spiro atoms. The molecular formula is C21H28BrNO5S. The number of carbonyl (C=O) groups excluding carboxylic acids is 1. The monoisotopic (exact) mass is 485 g/mol. The maximum atomic E-state index is 12.8. The highest BCUT2D eigenvalue weighted by Gasteiger charge is 2.32. The Hall–Kier alpha value is -1.32. The standard InChI is InChI=1S/C21H28BrNO5S/c1-21(2,3)29(26)23-19(10-13(24)11-20(25)28-5)16-8-9-18(22)15-7-6-14(27-4)12-17(15)16/h6-9,12-13,19,23-24H,10-11H2,1-5H3/t13-,19+,29?/m1/s1. The average molecular weight is 486 g/mol. The summed E-state index contributed by atoms with van der Waals surface area (Å²) in [6, 6.07) is 9.14. The molecule has 2 N–H and O–H groups in total. The minimum Gasteiger partial charge on any atom is -0.598 e. The number of halogens is 1. The molecule has 0 fully saturated rings. The van der Waals surface area contributed by atoms with E-state index in [4.69, 9.17) is 4.74 Å². The van der Waals surface area contributed by atoms with Crippen molar-refractivity contribution < 1.29 is 23.9 Å². The van der Waals surface area contributed by atoms with Crippen LogP contribution in [0.25, 0.3) is 10.8 Å². The van der Waals surface area contributed by atoms with Crippen molar-refractivity contribution in [3.63, 3.8) is 0 Å². The molecular weight excluding hydrogens is 458 g/mol. The zero-order valence-corrected chi connectivity index (χ0v) is 19.7. The lowest BCUT2D eigenvalue weighted by atomic mass is 9.94. The summed E-state index contributed by atoms with van der Waals surface area (Å²) < 4.78 is 26.4. The van der Waals surface area contributed by atoms with E-state index in [1.165, 1.54) is 7.11 Å². The molecule has 8 heteroatoms. The van der Waals surface area contributed by atoms with Crippen molar-refractivity contribution in [2.75, 3.05) is 14.2 Å². The molecule has 0 heterocycles. The van der Waals surface area contributed by atoms with E-state index in [-0.39, 0.29) is 12.8 Å². The van der Waals surface area contributed by atoms with Gasteiger partial charge in [0.05, 0.1) is 32.8 Å². The van der Waals surface area contributed by atoms with Gasteiger partial charge in [-0.25, -0.2) is 0 Å². The zero-order valence-electron chi connectivity index (χ0n) is 17.3. The number of methoxy groups -OCH3 is 2. The van der Waals surface area contributed by atoms with Gasteiger partial charge in [0.15, 0.2) is 0 Å². The highest BCUT2D eigenvalue weighted by molar-refractivity contribution is 9.10. The van der Waals surface area contributed by atoms with Crippen molar-refractivity contribution in [1.29, 1.82) is 0 Å². The highest BCUT2D eigenvalue weighted by Crippen LogP contribution is 2.35. The van der Waals surface area contributed by atoms with Crippen molar-refractivity contribution in [3.05, 3.63) is 40.4 Å². The van der Waals surface area contributed by atoms with Crippen LogP contribution in [0.4, 0.5) is 0 Å². The lowest BCUT2D eigenvalue weighted by molar-refractivity contribution is -0.142. The number of carbonyl (C=O) groups is 1. The van der Waals surface area contributed by atoms with Gasteiger partial charge in [0.25, 0.3) is 0 Å². The predicted octanol–water partition coefficient (Wildman–Crippen LogP) is 4.02. The summed E-state index contributed by atoms with van der Waals surface area (Å²) in [6.07, 6.45) is -0.874. The smallest absolute Gasteiger partial charge is 0.308 e. The molecule has 29 heavy (non-hydrogen) atoms. The Kier molecular flexibility index (Phi) is 8.37. The van der Waals surface area contributed by atoms with E-state index in [1.54, 1.807) is 7.11 Å². The van der Waals surface area contributed by atoms with Gasteiger partial charge in [-0.15, -0.1) is 4.72 Å². The summed E-state index contributed by atoms with van der Waals surface area (Å²) in [5.74, 6) is 0.207. The van der Waals surface area contributed by atoms with Crippen LogP contribution in [0.2, 0.25) is 0 Å². The first-order valence-electron chi connectivity index (χ1n) is 9.26. The van der Waals surface area contributed by atoms with Gasteiger partial charge in [-0.2, -0.15) is 0 Å². The van der Waals surface area contributed by atoms with Crippen LogP contribution in [-0.4, -0.2) is 40.7 Å². The fourth-order valence-electron chi connectivity index (χ4n) is 2.92. The van der Waals surface area contributed by atoms with Crippen LogP contribution in [-0.2, 0) is 20.9 Å². The van der Waals surface area contributed by atoms with Crippen molar-refractivity contribution in [2.24, 2.45) is 0 Å². The van der Waals surface area contributed by atoms with Crippen LogP contribution >= 0.6 is 15.9 Å². The molecule has 0 amide bonds. The molecule has 6 nitrogen and oxygen atoms in total. The van der Waals surface area contributed by atoms with Crippen LogP contribution < -0.4 is 9.46 Å². The second kappa shape index (κ2) is 10.1. The molecule has 160 valence electrons. The van der Waals surface area contributed by atoms with E-state index >= 15 is 0 Å². The number of benzene rings is 2. The lowest BCUT2D eigenvalue weighted by Gasteiger charge is -2.29. The third kappa shape index (κ3) is 6.33. The predicted molar refractivity (Wildman–Crippen MR) is 119 cm³/mol. The third-order valence-corrected chi connectivity index (χ3v) is 6.83. The number of fused-ring (bicyclic) bond motifs is 1. The molecule has 2 aromatic rings. The van der Waals surface area contributed by atoms with Gasteiger partial charge in [-0.05, 0) is 67.8 Å². The summed E-state index contributed by atoms with van der Waals surface area (Å²) in [7, 11) is 2.89. The summed E-state index contributed by atoms with van der Waals surface area (Å²) in [5.41, 5.74) is 0.864. The third-order valence-electron chi connectivity index (χ3n) is 4.52. The highest BCUT2D eigenvalue weighted by atomic mass is 79.9. The molecule has 2 aromatic carbocycles. The van der Waals surface area contributed by atoms with Gasteiger partial charge in [0, 0.05) is 15.8 Å². The van der Waals surface area contributed by atoms with Gasteiger partial charge < -0.3 is 19.1 Å². The summed E-state index contributed by atoms with van der Waals surface area (Å²) in [5, 5.41) is 12.3. The van der Waals surface area contributed by atoms with Gasteiger partial charge in [0.2, 0.25) is 0 Å². The fourth-order valence-corrected chi connectivity index (χ4v) is 4.23. The van der Waals surface area contributed by atoms with Gasteiger partial charge in [-0.3, -0.25) is 4.79 Å². The normalized spacial score (nSPS) is 15.0. The Morgan fingerprint density at radius 3 is 2.52 bits per heavy atom. The maximum absolute atomic E-state index is 12.8. The summed E-state index contributed by atoms with van der Waals surface area (Å²) >= 11 is 2.20. The van der Waals surface area contributed by atoms with E-state index in [1.807, 2.05) is 51.1 Å². The number of esters is 1. The first-order chi connectivity index (χ1) is 13.6. The zero-order chi connectivity index (χ0) is 21.8.